The fourth-order valence-corrected chi connectivity index (χ4v) is 2.40. The number of hydrogen-bond donors (Lipinski definition) is 2. The van der Waals surface area contributed by atoms with Gasteiger partial charge in [-0.2, -0.15) is 0 Å². The van der Waals surface area contributed by atoms with Gasteiger partial charge in [-0.25, -0.2) is 4.39 Å². The SMILES string of the molecule is Cc1c(N)cc(C(=O)Nc2ccc(Cl)cc2Br)cc1F. The topological polar surface area (TPSA) is 55.1 Å². The number of rotatable bonds is 2. The Morgan fingerprint density at radius 3 is 2.65 bits per heavy atom. The molecule has 6 heteroatoms. The minimum Gasteiger partial charge on any atom is -0.398 e. The Hall–Kier alpha value is -1.59. The highest BCUT2D eigenvalue weighted by molar-refractivity contribution is 9.10. The summed E-state index contributed by atoms with van der Waals surface area (Å²) in [6.07, 6.45) is 0. The normalized spacial score (nSPS) is 10.4. The van der Waals surface area contributed by atoms with Crippen LogP contribution in [0, 0.1) is 12.7 Å². The molecule has 0 aliphatic carbocycles. The van der Waals surface area contributed by atoms with Crippen LogP contribution >= 0.6 is 27.5 Å². The molecule has 0 saturated carbocycles. The third kappa shape index (κ3) is 3.11. The summed E-state index contributed by atoms with van der Waals surface area (Å²) in [5, 5.41) is 3.20. The highest BCUT2D eigenvalue weighted by Crippen LogP contribution is 2.27. The first-order valence-electron chi connectivity index (χ1n) is 5.70. The molecule has 0 fully saturated rings. The smallest absolute Gasteiger partial charge is 0.255 e. The maximum Gasteiger partial charge on any atom is 0.255 e. The zero-order valence-electron chi connectivity index (χ0n) is 10.5. The molecule has 2 rings (SSSR count). The molecule has 0 unspecified atom stereocenters. The molecule has 0 spiro atoms. The van der Waals surface area contributed by atoms with Crippen LogP contribution in [-0.2, 0) is 0 Å². The lowest BCUT2D eigenvalue weighted by Gasteiger charge is -2.09. The van der Waals surface area contributed by atoms with E-state index in [1.54, 1.807) is 25.1 Å². The second-order valence-electron chi connectivity index (χ2n) is 4.25. The predicted octanol–water partition coefficient (Wildman–Crippen LogP) is 4.38. The van der Waals surface area contributed by atoms with E-state index in [-0.39, 0.29) is 11.3 Å². The molecule has 1 amide bonds. The van der Waals surface area contributed by atoms with E-state index in [2.05, 4.69) is 21.2 Å². The van der Waals surface area contributed by atoms with E-state index in [0.717, 1.165) is 6.07 Å². The average Bonchev–Trinajstić information content (AvgIpc) is 2.38. The van der Waals surface area contributed by atoms with Crippen LogP contribution in [0.2, 0.25) is 5.02 Å². The first kappa shape index (κ1) is 14.8. The lowest BCUT2D eigenvalue weighted by Crippen LogP contribution is -2.13. The van der Waals surface area contributed by atoms with Gasteiger partial charge in [0.1, 0.15) is 5.82 Å². The van der Waals surface area contributed by atoms with E-state index in [9.17, 15) is 9.18 Å². The molecule has 0 bridgehead atoms. The molecule has 0 aliphatic heterocycles. The maximum atomic E-state index is 13.6. The monoisotopic (exact) mass is 356 g/mol. The van der Waals surface area contributed by atoms with E-state index < -0.39 is 11.7 Å². The number of nitrogens with one attached hydrogen (secondary N) is 1. The highest BCUT2D eigenvalue weighted by atomic mass is 79.9. The van der Waals surface area contributed by atoms with E-state index >= 15 is 0 Å². The summed E-state index contributed by atoms with van der Waals surface area (Å²) in [5.41, 5.74) is 6.93. The Labute approximate surface area is 129 Å². The summed E-state index contributed by atoms with van der Waals surface area (Å²) in [6, 6.07) is 7.55. The second kappa shape index (κ2) is 5.81. The van der Waals surface area contributed by atoms with Crippen LogP contribution < -0.4 is 11.1 Å². The summed E-state index contributed by atoms with van der Waals surface area (Å²) < 4.78 is 14.2. The molecule has 0 aliphatic rings. The van der Waals surface area contributed by atoms with Crippen molar-refractivity contribution in [2.75, 3.05) is 11.1 Å². The summed E-state index contributed by atoms with van der Waals surface area (Å²) >= 11 is 9.11. The van der Waals surface area contributed by atoms with Crippen LogP contribution in [0.5, 0.6) is 0 Å². The van der Waals surface area contributed by atoms with Gasteiger partial charge < -0.3 is 11.1 Å². The third-order valence-electron chi connectivity index (χ3n) is 2.83. The number of nitrogens with two attached hydrogens (primary N) is 1. The molecular formula is C14H11BrClFN2O. The minimum absolute atomic E-state index is 0.160. The van der Waals surface area contributed by atoms with E-state index in [1.165, 1.54) is 6.07 Å². The van der Waals surface area contributed by atoms with Crippen molar-refractivity contribution in [1.82, 2.24) is 0 Å². The fraction of sp³-hybridized carbons (Fsp3) is 0.0714. The zero-order valence-corrected chi connectivity index (χ0v) is 12.8. The van der Waals surface area contributed by atoms with Crippen molar-refractivity contribution < 1.29 is 9.18 Å². The van der Waals surface area contributed by atoms with Gasteiger partial charge in [-0.15, -0.1) is 0 Å². The molecule has 2 aromatic rings. The summed E-state index contributed by atoms with van der Waals surface area (Å²) in [7, 11) is 0. The molecule has 3 N–H and O–H groups in total. The lowest BCUT2D eigenvalue weighted by atomic mass is 10.1. The van der Waals surface area contributed by atoms with E-state index in [4.69, 9.17) is 17.3 Å². The molecule has 2 aromatic carbocycles. The van der Waals surface area contributed by atoms with Gasteiger partial charge >= 0.3 is 0 Å². The van der Waals surface area contributed by atoms with Crippen molar-refractivity contribution in [2.45, 2.75) is 6.92 Å². The first-order valence-corrected chi connectivity index (χ1v) is 6.87. The summed E-state index contributed by atoms with van der Waals surface area (Å²) in [6.45, 7) is 1.56. The minimum atomic E-state index is -0.509. The van der Waals surface area contributed by atoms with Gasteiger partial charge in [-0.1, -0.05) is 11.6 Å². The van der Waals surface area contributed by atoms with Crippen LogP contribution in [0.3, 0.4) is 0 Å². The maximum absolute atomic E-state index is 13.6. The number of halogens is 3. The quantitative estimate of drug-likeness (QED) is 0.783. The van der Waals surface area contributed by atoms with Crippen LogP contribution in [0.15, 0.2) is 34.8 Å². The molecule has 3 nitrogen and oxygen atoms in total. The van der Waals surface area contributed by atoms with E-state index in [1.807, 2.05) is 0 Å². The van der Waals surface area contributed by atoms with Crippen LogP contribution in [0.25, 0.3) is 0 Å². The molecule has 104 valence electrons. The standard InChI is InChI=1S/C14H11BrClFN2O/c1-7-11(17)4-8(5-12(7)18)14(20)19-13-3-2-9(16)6-10(13)15/h2-6H,18H2,1H3,(H,19,20). The van der Waals surface area contributed by atoms with Crippen LogP contribution in [-0.4, -0.2) is 5.91 Å². The number of hydrogen-bond acceptors (Lipinski definition) is 2. The number of carbonyl (C=O) groups is 1. The fourth-order valence-electron chi connectivity index (χ4n) is 1.62. The van der Waals surface area contributed by atoms with Gasteiger partial charge in [-0.05, 0) is 53.2 Å². The average molecular weight is 358 g/mol. The first-order chi connectivity index (χ1) is 9.38. The van der Waals surface area contributed by atoms with Gasteiger partial charge in [-0.3, -0.25) is 4.79 Å². The van der Waals surface area contributed by atoms with Gasteiger partial charge in [0.2, 0.25) is 0 Å². The van der Waals surface area contributed by atoms with Crippen molar-refractivity contribution >= 4 is 44.8 Å². The molecule has 0 heterocycles. The number of amides is 1. The van der Waals surface area contributed by atoms with Crippen molar-refractivity contribution in [3.8, 4) is 0 Å². The summed E-state index contributed by atoms with van der Waals surface area (Å²) in [4.78, 5) is 12.1. The molecule has 0 aromatic heterocycles. The van der Waals surface area contributed by atoms with Gasteiger partial charge in [0.15, 0.2) is 0 Å². The third-order valence-corrected chi connectivity index (χ3v) is 3.72. The number of anilines is 2. The van der Waals surface area contributed by atoms with Gasteiger partial charge in [0, 0.05) is 26.3 Å². The summed E-state index contributed by atoms with van der Waals surface area (Å²) in [5.74, 6) is -0.955. The number of benzene rings is 2. The number of carbonyl (C=O) groups excluding carboxylic acids is 1. The Balaban J connectivity index is 2.28. The molecule has 0 radical (unpaired) electrons. The Morgan fingerprint density at radius 1 is 1.35 bits per heavy atom. The largest absolute Gasteiger partial charge is 0.398 e. The van der Waals surface area contributed by atoms with Gasteiger partial charge in [0.25, 0.3) is 5.91 Å². The molecule has 20 heavy (non-hydrogen) atoms. The second-order valence-corrected chi connectivity index (χ2v) is 5.54. The lowest BCUT2D eigenvalue weighted by molar-refractivity contribution is 0.102. The van der Waals surface area contributed by atoms with Crippen molar-refractivity contribution in [2.24, 2.45) is 0 Å². The molecule has 0 saturated heterocycles. The highest BCUT2D eigenvalue weighted by Gasteiger charge is 2.12. The van der Waals surface area contributed by atoms with Crippen molar-refractivity contribution in [3.63, 3.8) is 0 Å². The Kier molecular flexibility index (Phi) is 4.30. The zero-order chi connectivity index (χ0) is 14.9. The van der Waals surface area contributed by atoms with Gasteiger partial charge in [0.05, 0.1) is 5.69 Å². The Bertz CT molecular complexity index is 668. The molecule has 0 atom stereocenters. The number of nitrogen functional groups attached to an aromatic ring is 1. The van der Waals surface area contributed by atoms with Crippen molar-refractivity contribution in [1.29, 1.82) is 0 Å². The molecular weight excluding hydrogens is 347 g/mol. The Morgan fingerprint density at radius 2 is 2.05 bits per heavy atom. The van der Waals surface area contributed by atoms with Crippen LogP contribution in [0.1, 0.15) is 15.9 Å². The van der Waals surface area contributed by atoms with Crippen molar-refractivity contribution in [3.05, 3.63) is 56.8 Å². The van der Waals surface area contributed by atoms with E-state index in [0.29, 0.717) is 20.7 Å². The van der Waals surface area contributed by atoms with Crippen LogP contribution in [0.4, 0.5) is 15.8 Å². The predicted molar refractivity (Wildman–Crippen MR) is 82.7 cm³/mol.